The molecular formula is C17H20N2O. The van der Waals surface area contributed by atoms with Gasteiger partial charge in [0.05, 0.1) is 11.8 Å². The second-order valence-electron chi connectivity index (χ2n) is 5.97. The predicted octanol–water partition coefficient (Wildman–Crippen LogP) is 3.61. The van der Waals surface area contributed by atoms with Crippen LogP contribution in [0.15, 0.2) is 42.7 Å². The summed E-state index contributed by atoms with van der Waals surface area (Å²) in [4.78, 5) is 11.9. The molecule has 0 aliphatic rings. The molecule has 0 bridgehead atoms. The van der Waals surface area contributed by atoms with Gasteiger partial charge in [-0.05, 0) is 22.6 Å². The van der Waals surface area contributed by atoms with Crippen LogP contribution in [0, 0.1) is 0 Å². The maximum Gasteiger partial charge on any atom is 0.189 e. The van der Waals surface area contributed by atoms with E-state index in [1.165, 1.54) is 5.56 Å². The fourth-order valence-electron chi connectivity index (χ4n) is 1.91. The summed E-state index contributed by atoms with van der Waals surface area (Å²) in [6.07, 6.45) is 6.72. The van der Waals surface area contributed by atoms with E-state index in [0.717, 1.165) is 5.56 Å². The van der Waals surface area contributed by atoms with E-state index in [9.17, 15) is 4.79 Å². The molecule has 3 heteroatoms. The monoisotopic (exact) mass is 268 g/mol. The van der Waals surface area contributed by atoms with Crippen molar-refractivity contribution in [1.29, 1.82) is 0 Å². The van der Waals surface area contributed by atoms with Crippen molar-refractivity contribution in [3.8, 4) is 0 Å². The lowest BCUT2D eigenvalue weighted by Gasteiger charge is -2.18. The summed E-state index contributed by atoms with van der Waals surface area (Å²) in [5.41, 5.74) is 3.06. The van der Waals surface area contributed by atoms with Crippen molar-refractivity contribution in [3.63, 3.8) is 0 Å². The van der Waals surface area contributed by atoms with Gasteiger partial charge in [-0.25, -0.2) is 0 Å². The lowest BCUT2D eigenvalue weighted by Crippen LogP contribution is -2.10. The van der Waals surface area contributed by atoms with Crippen molar-refractivity contribution in [2.75, 3.05) is 0 Å². The van der Waals surface area contributed by atoms with Crippen molar-refractivity contribution in [2.45, 2.75) is 26.2 Å². The fourth-order valence-corrected chi connectivity index (χ4v) is 1.91. The Morgan fingerprint density at radius 3 is 2.35 bits per heavy atom. The number of aromatic nitrogens is 2. The van der Waals surface area contributed by atoms with E-state index in [0.29, 0.717) is 5.56 Å². The Bertz CT molecular complexity index is 628. The highest BCUT2D eigenvalue weighted by atomic mass is 16.1. The number of benzene rings is 1. The molecule has 0 fully saturated rings. The topological polar surface area (TPSA) is 34.9 Å². The number of aryl methyl sites for hydroxylation is 1. The highest BCUT2D eigenvalue weighted by Gasteiger charge is 2.12. The minimum Gasteiger partial charge on any atom is -0.289 e. The summed E-state index contributed by atoms with van der Waals surface area (Å²) < 4.78 is 1.62. The number of ketones is 1. The second-order valence-corrected chi connectivity index (χ2v) is 5.97. The van der Waals surface area contributed by atoms with E-state index in [2.05, 4.69) is 38.0 Å². The van der Waals surface area contributed by atoms with Gasteiger partial charge in [-0.1, -0.05) is 51.1 Å². The third kappa shape index (κ3) is 3.44. The lowest BCUT2D eigenvalue weighted by molar-refractivity contribution is 0.104. The molecule has 20 heavy (non-hydrogen) atoms. The first-order valence-electron chi connectivity index (χ1n) is 6.68. The minimum absolute atomic E-state index is 0.0296. The molecule has 0 atom stereocenters. The first kappa shape index (κ1) is 14.3. The molecule has 104 valence electrons. The van der Waals surface area contributed by atoms with Crippen LogP contribution in [-0.4, -0.2) is 15.6 Å². The Morgan fingerprint density at radius 2 is 1.85 bits per heavy atom. The SMILES string of the molecule is Cn1cc(C(=O)/C=C/c2ccc(C(C)(C)C)cc2)cn1. The van der Waals surface area contributed by atoms with Gasteiger partial charge in [-0.2, -0.15) is 5.10 Å². The molecular weight excluding hydrogens is 248 g/mol. The Morgan fingerprint density at radius 1 is 1.20 bits per heavy atom. The van der Waals surface area contributed by atoms with Gasteiger partial charge in [0, 0.05) is 13.2 Å². The number of carbonyl (C=O) groups excluding carboxylic acids is 1. The Balaban J connectivity index is 2.10. The molecule has 0 spiro atoms. The number of nitrogens with zero attached hydrogens (tertiary/aromatic N) is 2. The zero-order valence-corrected chi connectivity index (χ0v) is 12.4. The molecule has 0 saturated carbocycles. The molecule has 2 aromatic rings. The summed E-state index contributed by atoms with van der Waals surface area (Å²) in [5.74, 6) is -0.0296. The normalized spacial score (nSPS) is 12.0. The quantitative estimate of drug-likeness (QED) is 0.629. The van der Waals surface area contributed by atoms with E-state index in [1.807, 2.05) is 18.2 Å². The summed E-state index contributed by atoms with van der Waals surface area (Å²) >= 11 is 0. The van der Waals surface area contributed by atoms with Gasteiger partial charge in [0.2, 0.25) is 0 Å². The molecule has 0 unspecified atom stereocenters. The average Bonchev–Trinajstić information content (AvgIpc) is 2.82. The first-order chi connectivity index (χ1) is 9.36. The van der Waals surface area contributed by atoms with E-state index >= 15 is 0 Å². The van der Waals surface area contributed by atoms with Gasteiger partial charge in [0.15, 0.2) is 5.78 Å². The van der Waals surface area contributed by atoms with Gasteiger partial charge < -0.3 is 0 Å². The first-order valence-corrected chi connectivity index (χ1v) is 6.68. The van der Waals surface area contributed by atoms with Crippen molar-refractivity contribution < 1.29 is 4.79 Å². The van der Waals surface area contributed by atoms with Crippen molar-refractivity contribution in [1.82, 2.24) is 9.78 Å². The van der Waals surface area contributed by atoms with Gasteiger partial charge >= 0.3 is 0 Å². The predicted molar refractivity (Wildman–Crippen MR) is 81.7 cm³/mol. The maximum atomic E-state index is 11.9. The highest BCUT2D eigenvalue weighted by molar-refractivity contribution is 6.06. The van der Waals surface area contributed by atoms with Crippen LogP contribution in [0.3, 0.4) is 0 Å². The number of allylic oxidation sites excluding steroid dienone is 1. The van der Waals surface area contributed by atoms with Crippen molar-refractivity contribution >= 4 is 11.9 Å². The van der Waals surface area contributed by atoms with E-state index in [4.69, 9.17) is 0 Å². The minimum atomic E-state index is -0.0296. The number of hydrogen-bond acceptors (Lipinski definition) is 2. The average molecular weight is 268 g/mol. The van der Waals surface area contributed by atoms with Gasteiger partial charge in [-0.3, -0.25) is 9.48 Å². The van der Waals surface area contributed by atoms with Crippen LogP contribution in [-0.2, 0) is 12.5 Å². The van der Waals surface area contributed by atoms with E-state index in [1.54, 1.807) is 30.2 Å². The lowest BCUT2D eigenvalue weighted by atomic mass is 9.87. The van der Waals surface area contributed by atoms with Crippen LogP contribution in [0.4, 0.5) is 0 Å². The third-order valence-corrected chi connectivity index (χ3v) is 3.19. The molecule has 1 heterocycles. The van der Waals surface area contributed by atoms with Crippen LogP contribution in [0.2, 0.25) is 0 Å². The van der Waals surface area contributed by atoms with Crippen LogP contribution >= 0.6 is 0 Å². The molecule has 2 rings (SSSR count). The molecule has 1 aromatic heterocycles. The van der Waals surface area contributed by atoms with Crippen molar-refractivity contribution in [3.05, 3.63) is 59.4 Å². The number of hydrogen-bond donors (Lipinski definition) is 0. The van der Waals surface area contributed by atoms with E-state index in [-0.39, 0.29) is 11.2 Å². The summed E-state index contributed by atoms with van der Waals surface area (Å²) in [6.45, 7) is 6.55. The second kappa shape index (κ2) is 5.45. The van der Waals surface area contributed by atoms with E-state index < -0.39 is 0 Å². The standard InChI is InChI=1S/C17H20N2O/c1-17(2,3)15-8-5-13(6-9-15)7-10-16(20)14-11-18-19(4)12-14/h5-12H,1-4H3/b10-7+. The summed E-state index contributed by atoms with van der Waals surface area (Å²) in [6, 6.07) is 8.28. The zero-order chi connectivity index (χ0) is 14.8. The van der Waals surface area contributed by atoms with Crippen LogP contribution in [0.5, 0.6) is 0 Å². The molecule has 3 nitrogen and oxygen atoms in total. The van der Waals surface area contributed by atoms with Crippen LogP contribution in [0.25, 0.3) is 6.08 Å². The number of rotatable bonds is 3. The summed E-state index contributed by atoms with van der Waals surface area (Å²) in [5, 5.41) is 3.99. The Labute approximate surface area is 119 Å². The van der Waals surface area contributed by atoms with Crippen LogP contribution < -0.4 is 0 Å². The molecule has 0 amide bonds. The van der Waals surface area contributed by atoms with Crippen LogP contribution in [0.1, 0.15) is 42.3 Å². The smallest absolute Gasteiger partial charge is 0.189 e. The molecule has 0 N–H and O–H groups in total. The number of carbonyl (C=O) groups is 1. The van der Waals surface area contributed by atoms with Gasteiger partial charge in [0.25, 0.3) is 0 Å². The summed E-state index contributed by atoms with van der Waals surface area (Å²) in [7, 11) is 1.80. The van der Waals surface area contributed by atoms with Gasteiger partial charge in [0.1, 0.15) is 0 Å². The third-order valence-electron chi connectivity index (χ3n) is 3.19. The Hall–Kier alpha value is -2.16. The van der Waals surface area contributed by atoms with Crippen molar-refractivity contribution in [2.24, 2.45) is 7.05 Å². The Kier molecular flexibility index (Phi) is 3.89. The fraction of sp³-hybridized carbons (Fsp3) is 0.294. The van der Waals surface area contributed by atoms with Gasteiger partial charge in [-0.15, -0.1) is 0 Å². The zero-order valence-electron chi connectivity index (χ0n) is 12.4. The molecule has 0 radical (unpaired) electrons. The molecule has 1 aromatic carbocycles. The molecule has 0 aliphatic carbocycles. The molecule has 0 saturated heterocycles. The molecule has 0 aliphatic heterocycles. The largest absolute Gasteiger partial charge is 0.289 e. The highest BCUT2D eigenvalue weighted by Crippen LogP contribution is 2.22. The maximum absolute atomic E-state index is 11.9.